The standard InChI is InChI=1S/C18H19B2F5N4O2.C4H5N3O2/c1-15(2,18(22,23)24)31-6-5-13-26-11-4-3-10(7-12(11)27-13)8-29-9-16(21)17(19,20(16)25)28-14(29)30;1-2-3(4(5)8)7-9-6-2/h3-4,7H,5-6,8-9H2,1-2H3,(H,26,27)(H,28,30);1H3,(H2,5,8). The topological polar surface area (TPSA) is 152 Å². The molecule has 18 heteroatoms. The molecular weight excluding hydrogens is 543 g/mol. The molecule has 2 fully saturated rings. The third-order valence-corrected chi connectivity index (χ3v) is 6.77. The van der Waals surface area contributed by atoms with Crippen molar-refractivity contribution in [2.45, 2.75) is 56.4 Å². The fourth-order valence-corrected chi connectivity index (χ4v) is 4.07. The van der Waals surface area contributed by atoms with E-state index in [1.54, 1.807) is 25.1 Å². The molecule has 5 rings (SSSR count). The SMILES string of the molecule is Cc1nonc1C(N)=O.[B]C12NC(=O)N(Cc3ccc4nc(CCOC(C)(C)C(F)(F)F)[nH]c4c3)CC1(F)B2F. The minimum atomic E-state index is -4.49. The molecule has 4 heterocycles. The van der Waals surface area contributed by atoms with Crippen LogP contribution in [-0.4, -0.2) is 87.8 Å². The maximum absolute atomic E-state index is 14.5. The molecule has 4 N–H and O–H groups in total. The van der Waals surface area contributed by atoms with E-state index in [-0.39, 0.29) is 25.3 Å². The quantitative estimate of drug-likeness (QED) is 0.292. The van der Waals surface area contributed by atoms with Gasteiger partial charge in [-0.15, -0.1) is 0 Å². The van der Waals surface area contributed by atoms with Crippen LogP contribution in [0.15, 0.2) is 22.8 Å². The third-order valence-electron chi connectivity index (χ3n) is 6.77. The molecular formula is C22H24B2F5N7O4. The number of benzene rings is 1. The first-order valence-corrected chi connectivity index (χ1v) is 11.9. The molecule has 2 atom stereocenters. The lowest BCUT2D eigenvalue weighted by molar-refractivity contribution is -0.263. The Morgan fingerprint density at radius 3 is 2.60 bits per heavy atom. The van der Waals surface area contributed by atoms with Crippen LogP contribution in [0.2, 0.25) is 0 Å². The van der Waals surface area contributed by atoms with Crippen LogP contribution < -0.4 is 11.1 Å². The van der Waals surface area contributed by atoms with E-state index in [4.69, 9.17) is 18.3 Å². The number of ether oxygens (including phenoxy) is 1. The molecule has 2 aliphatic heterocycles. The Morgan fingerprint density at radius 2 is 2.02 bits per heavy atom. The molecule has 40 heavy (non-hydrogen) atoms. The number of halogens is 5. The van der Waals surface area contributed by atoms with Crippen LogP contribution in [0.1, 0.15) is 41.4 Å². The average Bonchev–Trinajstić information content (AvgIpc) is 3.27. The summed E-state index contributed by atoms with van der Waals surface area (Å²) in [5.74, 6) is -0.177. The summed E-state index contributed by atoms with van der Waals surface area (Å²) in [4.78, 5) is 30.9. The van der Waals surface area contributed by atoms with Gasteiger partial charge in [-0.3, -0.25) is 4.79 Å². The minimum Gasteiger partial charge on any atom is -0.366 e. The Labute approximate surface area is 225 Å². The number of aromatic amines is 1. The van der Waals surface area contributed by atoms with Crippen molar-refractivity contribution < 1.29 is 40.8 Å². The third kappa shape index (κ3) is 5.36. The minimum absolute atomic E-state index is 0.0213. The summed E-state index contributed by atoms with van der Waals surface area (Å²) >= 11 is 0. The van der Waals surface area contributed by atoms with E-state index >= 15 is 0 Å². The van der Waals surface area contributed by atoms with Gasteiger partial charge in [0.15, 0.2) is 16.9 Å². The maximum atomic E-state index is 14.5. The molecule has 212 valence electrons. The van der Waals surface area contributed by atoms with Gasteiger partial charge in [-0.25, -0.2) is 18.8 Å². The number of carbonyl (C=O) groups is 2. The number of aromatic nitrogens is 4. The van der Waals surface area contributed by atoms with E-state index in [9.17, 15) is 31.5 Å². The molecule has 1 aromatic carbocycles. The van der Waals surface area contributed by atoms with E-state index in [0.29, 0.717) is 28.1 Å². The molecule has 2 radical (unpaired) electrons. The molecule has 0 bridgehead atoms. The van der Waals surface area contributed by atoms with Crippen LogP contribution in [-0.2, 0) is 17.7 Å². The van der Waals surface area contributed by atoms with E-state index in [0.717, 1.165) is 18.7 Å². The van der Waals surface area contributed by atoms with Gasteiger partial charge >= 0.3 is 19.2 Å². The highest BCUT2D eigenvalue weighted by atomic mass is 19.4. The van der Waals surface area contributed by atoms with Gasteiger partial charge < -0.3 is 30.0 Å². The number of aryl methyl sites for hydroxylation is 1. The van der Waals surface area contributed by atoms with Crippen LogP contribution in [0.5, 0.6) is 0 Å². The van der Waals surface area contributed by atoms with Crippen molar-refractivity contribution in [1.82, 2.24) is 30.5 Å². The number of rotatable bonds is 7. The number of amides is 3. The second kappa shape index (κ2) is 10.1. The Morgan fingerprint density at radius 1 is 1.32 bits per heavy atom. The van der Waals surface area contributed by atoms with E-state index in [1.165, 1.54) is 0 Å². The number of urea groups is 1. The molecule has 0 aliphatic carbocycles. The van der Waals surface area contributed by atoms with Crippen molar-refractivity contribution >= 4 is 37.8 Å². The Bertz CT molecular complexity index is 1430. The summed E-state index contributed by atoms with van der Waals surface area (Å²) in [6.45, 7) is 0.919. The van der Waals surface area contributed by atoms with Crippen molar-refractivity contribution in [2.24, 2.45) is 5.73 Å². The lowest BCUT2D eigenvalue weighted by Gasteiger charge is -2.33. The van der Waals surface area contributed by atoms with Gasteiger partial charge in [-0.1, -0.05) is 11.2 Å². The van der Waals surface area contributed by atoms with Gasteiger partial charge in [0, 0.05) is 18.3 Å². The monoisotopic (exact) mass is 567 g/mol. The summed E-state index contributed by atoms with van der Waals surface area (Å²) < 4.78 is 76.0. The van der Waals surface area contributed by atoms with Crippen LogP contribution in [0, 0.1) is 6.92 Å². The predicted octanol–water partition coefficient (Wildman–Crippen LogP) is 2.09. The van der Waals surface area contributed by atoms with Crippen molar-refractivity contribution in [2.75, 3.05) is 13.2 Å². The van der Waals surface area contributed by atoms with Gasteiger partial charge in [-0.05, 0) is 43.6 Å². The zero-order valence-electron chi connectivity index (χ0n) is 21.6. The Hall–Kier alpha value is -3.69. The highest BCUT2D eigenvalue weighted by Gasteiger charge is 2.83. The number of carbonyl (C=O) groups excluding carboxylic acids is 2. The second-order valence-electron chi connectivity index (χ2n) is 10.1. The van der Waals surface area contributed by atoms with Crippen molar-refractivity contribution in [1.29, 1.82) is 0 Å². The van der Waals surface area contributed by atoms with Crippen molar-refractivity contribution in [3.8, 4) is 0 Å². The zero-order chi connectivity index (χ0) is 29.7. The summed E-state index contributed by atoms with van der Waals surface area (Å²) in [5, 5.41) is 6.82. The fraction of sp³-hybridized carbons (Fsp3) is 0.500. The molecule has 2 unspecified atom stereocenters. The maximum Gasteiger partial charge on any atom is 0.416 e. The first-order valence-electron chi connectivity index (χ1n) is 11.9. The fourth-order valence-electron chi connectivity index (χ4n) is 4.07. The number of nitrogens with two attached hydrogens (primary N) is 1. The van der Waals surface area contributed by atoms with E-state index in [2.05, 4.69) is 30.2 Å². The van der Waals surface area contributed by atoms with Gasteiger partial charge in [0.1, 0.15) is 19.4 Å². The van der Waals surface area contributed by atoms with Crippen LogP contribution >= 0.6 is 0 Å². The zero-order valence-corrected chi connectivity index (χ0v) is 21.6. The number of nitrogens with one attached hydrogen (secondary N) is 2. The summed E-state index contributed by atoms with van der Waals surface area (Å²) in [5.41, 5.74) is 2.58. The molecule has 11 nitrogen and oxygen atoms in total. The number of nitrogens with zero attached hydrogens (tertiary/aromatic N) is 4. The molecule has 0 saturated carbocycles. The number of H-pyrrole nitrogens is 1. The number of imidazole rings is 1. The van der Waals surface area contributed by atoms with Crippen molar-refractivity contribution in [3.05, 3.63) is 41.0 Å². The van der Waals surface area contributed by atoms with Gasteiger partial charge in [0.2, 0.25) is 0 Å². The van der Waals surface area contributed by atoms with Crippen LogP contribution in [0.3, 0.4) is 0 Å². The Kier molecular flexibility index (Phi) is 7.36. The Balaban J connectivity index is 0.000000350. The number of hydrogen-bond donors (Lipinski definition) is 3. The highest BCUT2D eigenvalue weighted by molar-refractivity contribution is 6.83. The van der Waals surface area contributed by atoms with Crippen LogP contribution in [0.25, 0.3) is 11.0 Å². The largest absolute Gasteiger partial charge is 0.416 e. The lowest BCUT2D eigenvalue weighted by Crippen LogP contribution is -2.58. The predicted molar refractivity (Wildman–Crippen MR) is 132 cm³/mol. The number of alkyl halides is 4. The first kappa shape index (κ1) is 29.3. The smallest absolute Gasteiger partial charge is 0.366 e. The number of primary amides is 1. The molecule has 2 saturated heterocycles. The van der Waals surface area contributed by atoms with Crippen LogP contribution in [0.4, 0.5) is 26.7 Å². The molecule has 0 spiro atoms. The van der Waals surface area contributed by atoms with Crippen molar-refractivity contribution in [3.63, 3.8) is 0 Å². The summed E-state index contributed by atoms with van der Waals surface area (Å²) in [7, 11) is 5.55. The number of hydrogen-bond acceptors (Lipinski definition) is 7. The molecule has 2 aromatic heterocycles. The molecule has 3 amide bonds. The van der Waals surface area contributed by atoms with Gasteiger partial charge in [-0.2, -0.15) is 13.2 Å². The number of fused-ring (bicyclic) bond motifs is 2. The summed E-state index contributed by atoms with van der Waals surface area (Å²) in [6.07, 6.45) is -4.35. The molecule has 2 aliphatic rings. The summed E-state index contributed by atoms with van der Waals surface area (Å²) in [6, 6.07) is 4.37. The van der Waals surface area contributed by atoms with E-state index in [1.807, 2.05) is 0 Å². The normalized spacial score (nSPS) is 22.4. The average molecular weight is 567 g/mol. The van der Waals surface area contributed by atoms with Gasteiger partial charge in [0.05, 0.1) is 24.2 Å². The highest BCUT2D eigenvalue weighted by Crippen LogP contribution is 2.51. The second-order valence-corrected chi connectivity index (χ2v) is 10.1. The van der Waals surface area contributed by atoms with Gasteiger partial charge in [0.25, 0.3) is 5.91 Å². The molecule has 3 aromatic rings. The van der Waals surface area contributed by atoms with E-state index < -0.39 is 48.2 Å². The first-order chi connectivity index (χ1) is 18.5. The lowest BCUT2D eigenvalue weighted by atomic mass is 9.75.